The van der Waals surface area contributed by atoms with Crippen molar-refractivity contribution in [1.29, 1.82) is 0 Å². The van der Waals surface area contributed by atoms with E-state index in [2.05, 4.69) is 10.2 Å². The van der Waals surface area contributed by atoms with Crippen LogP contribution in [0.4, 0.5) is 0 Å². The molecule has 2 aromatic rings. The van der Waals surface area contributed by atoms with E-state index >= 15 is 0 Å². The quantitative estimate of drug-likeness (QED) is 0.859. The zero-order chi connectivity index (χ0) is 18.9. The zero-order valence-electron chi connectivity index (χ0n) is 15.2. The van der Waals surface area contributed by atoms with Crippen molar-refractivity contribution < 1.29 is 14.7 Å². The smallest absolute Gasteiger partial charge is 0.254 e. The molecule has 7 heteroatoms. The summed E-state index contributed by atoms with van der Waals surface area (Å²) < 4.78 is 0. The Morgan fingerprint density at radius 2 is 2.04 bits per heavy atom. The van der Waals surface area contributed by atoms with E-state index in [1.807, 2.05) is 18.2 Å². The van der Waals surface area contributed by atoms with Gasteiger partial charge in [-0.25, -0.2) is 0 Å². The molecule has 2 fully saturated rings. The lowest BCUT2D eigenvalue weighted by molar-refractivity contribution is -0.146. The Balaban J connectivity index is 1.63. The normalized spacial score (nSPS) is 22.6. The summed E-state index contributed by atoms with van der Waals surface area (Å²) >= 11 is 0. The summed E-state index contributed by atoms with van der Waals surface area (Å²) in [7, 11) is 0. The van der Waals surface area contributed by atoms with E-state index in [4.69, 9.17) is 0 Å². The monoisotopic (exact) mass is 368 g/mol. The molecule has 2 N–H and O–H groups in total. The number of carbonyl (C=O) groups is 2. The fourth-order valence-corrected chi connectivity index (χ4v) is 4.45. The first-order chi connectivity index (χ1) is 13.2. The van der Waals surface area contributed by atoms with Gasteiger partial charge in [-0.1, -0.05) is 12.1 Å². The average Bonchev–Trinajstić information content (AvgIpc) is 3.36. The molecule has 1 aromatic heterocycles. The van der Waals surface area contributed by atoms with Crippen molar-refractivity contribution in [3.8, 4) is 11.1 Å². The minimum atomic E-state index is -0.754. The van der Waals surface area contributed by atoms with Crippen molar-refractivity contribution in [2.75, 3.05) is 26.2 Å². The topological polar surface area (TPSA) is 89.5 Å². The van der Waals surface area contributed by atoms with Crippen molar-refractivity contribution in [2.45, 2.75) is 31.2 Å². The standard InChI is InChI=1S/C20H24N4O3/c25-11-10-23-8-2-6-20(19(23)27)7-3-9-24(20)18(26)16-5-1-4-15(12-16)17-13-21-22-14-17/h1,4-5,12-14,25H,2-3,6-11H2,(H,21,22). The molecule has 0 bridgehead atoms. The number of β-amino-alcohol motifs (C(OH)–C–C–N with tert-alkyl or cyclic N) is 1. The molecule has 7 nitrogen and oxygen atoms in total. The molecule has 2 saturated heterocycles. The fraction of sp³-hybridized carbons (Fsp3) is 0.450. The first-order valence-corrected chi connectivity index (χ1v) is 9.47. The minimum absolute atomic E-state index is 0.0142. The van der Waals surface area contributed by atoms with Gasteiger partial charge in [0.15, 0.2) is 0 Å². The average molecular weight is 368 g/mol. The first-order valence-electron chi connectivity index (χ1n) is 9.47. The number of rotatable bonds is 4. The molecule has 0 radical (unpaired) electrons. The summed E-state index contributed by atoms with van der Waals surface area (Å²) in [5.41, 5.74) is 1.67. The molecule has 2 aliphatic heterocycles. The Morgan fingerprint density at radius 1 is 1.22 bits per heavy atom. The van der Waals surface area contributed by atoms with Gasteiger partial charge in [-0.3, -0.25) is 14.7 Å². The Labute approximate surface area is 158 Å². The molecule has 27 heavy (non-hydrogen) atoms. The van der Waals surface area contributed by atoms with Crippen LogP contribution in [0.3, 0.4) is 0 Å². The number of benzene rings is 1. The number of amides is 2. The largest absolute Gasteiger partial charge is 0.395 e. The van der Waals surface area contributed by atoms with Crippen LogP contribution in [-0.2, 0) is 4.79 Å². The third-order valence-corrected chi connectivity index (χ3v) is 5.75. The summed E-state index contributed by atoms with van der Waals surface area (Å²) in [5, 5.41) is 16.0. The van der Waals surface area contributed by atoms with Gasteiger partial charge in [0, 0.05) is 37.0 Å². The van der Waals surface area contributed by atoms with Gasteiger partial charge in [0.25, 0.3) is 5.91 Å². The first kappa shape index (κ1) is 17.7. The molecule has 1 aromatic carbocycles. The zero-order valence-corrected chi connectivity index (χ0v) is 15.2. The second kappa shape index (κ2) is 7.15. The van der Waals surface area contributed by atoms with E-state index in [-0.39, 0.29) is 18.4 Å². The maximum atomic E-state index is 13.3. The minimum Gasteiger partial charge on any atom is -0.395 e. The molecule has 142 valence electrons. The van der Waals surface area contributed by atoms with Crippen LogP contribution < -0.4 is 0 Å². The number of H-pyrrole nitrogens is 1. The van der Waals surface area contributed by atoms with Crippen molar-refractivity contribution in [2.24, 2.45) is 0 Å². The van der Waals surface area contributed by atoms with Gasteiger partial charge in [0.1, 0.15) is 5.54 Å². The number of hydrogen-bond acceptors (Lipinski definition) is 4. The SMILES string of the molecule is O=C(c1cccc(-c2cn[nH]c2)c1)N1CCCC12CCCN(CCO)C2=O. The highest BCUT2D eigenvalue weighted by atomic mass is 16.3. The van der Waals surface area contributed by atoms with Crippen LogP contribution in [0.25, 0.3) is 11.1 Å². The number of aromatic nitrogens is 2. The maximum Gasteiger partial charge on any atom is 0.254 e. The lowest BCUT2D eigenvalue weighted by atomic mass is 9.85. The van der Waals surface area contributed by atoms with Crippen LogP contribution in [0, 0.1) is 0 Å². The molecule has 3 heterocycles. The second-order valence-corrected chi connectivity index (χ2v) is 7.28. The number of carbonyl (C=O) groups excluding carboxylic acids is 2. The van der Waals surface area contributed by atoms with Crippen LogP contribution in [0.2, 0.25) is 0 Å². The highest BCUT2D eigenvalue weighted by Gasteiger charge is 2.52. The predicted molar refractivity (Wildman–Crippen MR) is 99.9 cm³/mol. The molecular formula is C20H24N4O3. The Morgan fingerprint density at radius 3 is 2.78 bits per heavy atom. The summed E-state index contributed by atoms with van der Waals surface area (Å²) in [6.07, 6.45) is 6.58. The van der Waals surface area contributed by atoms with Gasteiger partial charge < -0.3 is 14.9 Å². The van der Waals surface area contributed by atoms with Gasteiger partial charge in [0.2, 0.25) is 5.91 Å². The van der Waals surface area contributed by atoms with E-state index < -0.39 is 5.54 Å². The number of hydrogen-bond donors (Lipinski definition) is 2. The van der Waals surface area contributed by atoms with Crippen LogP contribution in [0.15, 0.2) is 36.7 Å². The molecule has 1 spiro atoms. The summed E-state index contributed by atoms with van der Waals surface area (Å²) in [5.74, 6) is -0.114. The molecule has 2 amide bonds. The van der Waals surface area contributed by atoms with E-state index in [0.717, 1.165) is 24.0 Å². The van der Waals surface area contributed by atoms with Crippen molar-refractivity contribution in [1.82, 2.24) is 20.0 Å². The van der Waals surface area contributed by atoms with Crippen LogP contribution in [0.1, 0.15) is 36.0 Å². The lowest BCUT2D eigenvalue weighted by Gasteiger charge is -2.44. The fourth-order valence-electron chi connectivity index (χ4n) is 4.45. The summed E-state index contributed by atoms with van der Waals surface area (Å²) in [6, 6.07) is 7.46. The van der Waals surface area contributed by atoms with Crippen LogP contribution >= 0.6 is 0 Å². The predicted octanol–water partition coefficient (Wildman–Crippen LogP) is 1.67. The van der Waals surface area contributed by atoms with Gasteiger partial charge in [-0.15, -0.1) is 0 Å². The number of likely N-dealkylation sites (tertiary alicyclic amines) is 2. The number of nitrogens with zero attached hydrogens (tertiary/aromatic N) is 3. The van der Waals surface area contributed by atoms with Gasteiger partial charge in [-0.05, 0) is 43.4 Å². The number of piperidine rings is 1. The highest BCUT2D eigenvalue weighted by Crippen LogP contribution is 2.39. The molecular weight excluding hydrogens is 344 g/mol. The van der Waals surface area contributed by atoms with Crippen LogP contribution in [0.5, 0.6) is 0 Å². The molecule has 1 atom stereocenters. The summed E-state index contributed by atoms with van der Waals surface area (Å²) in [6.45, 7) is 1.52. The van der Waals surface area contributed by atoms with E-state index in [1.165, 1.54) is 0 Å². The molecule has 2 aliphatic rings. The molecule has 4 rings (SSSR count). The van der Waals surface area contributed by atoms with Crippen molar-refractivity contribution in [3.63, 3.8) is 0 Å². The van der Waals surface area contributed by atoms with Gasteiger partial charge >= 0.3 is 0 Å². The number of aliphatic hydroxyl groups excluding tert-OH is 1. The molecule has 1 unspecified atom stereocenters. The number of nitrogens with one attached hydrogen (secondary N) is 1. The Kier molecular flexibility index (Phi) is 4.70. The third-order valence-electron chi connectivity index (χ3n) is 5.75. The third kappa shape index (κ3) is 3.02. The van der Waals surface area contributed by atoms with Crippen LogP contribution in [-0.4, -0.2) is 68.7 Å². The van der Waals surface area contributed by atoms with E-state index in [0.29, 0.717) is 38.0 Å². The molecule has 0 aliphatic carbocycles. The lowest BCUT2D eigenvalue weighted by Crippen LogP contribution is -2.61. The number of aliphatic hydroxyl groups is 1. The van der Waals surface area contributed by atoms with Gasteiger partial charge in [-0.2, -0.15) is 5.10 Å². The second-order valence-electron chi connectivity index (χ2n) is 7.28. The highest BCUT2D eigenvalue weighted by molar-refractivity contribution is 6.00. The van der Waals surface area contributed by atoms with Crippen molar-refractivity contribution in [3.05, 3.63) is 42.2 Å². The van der Waals surface area contributed by atoms with E-state index in [1.54, 1.807) is 28.3 Å². The van der Waals surface area contributed by atoms with Gasteiger partial charge in [0.05, 0.1) is 12.8 Å². The van der Waals surface area contributed by atoms with Crippen molar-refractivity contribution >= 4 is 11.8 Å². The Bertz CT molecular complexity index is 834. The maximum absolute atomic E-state index is 13.3. The Hall–Kier alpha value is -2.67. The summed E-state index contributed by atoms with van der Waals surface area (Å²) in [4.78, 5) is 30.0. The molecule has 0 saturated carbocycles. The number of aromatic amines is 1. The van der Waals surface area contributed by atoms with E-state index in [9.17, 15) is 14.7 Å².